The number of hydrogen-bond donors (Lipinski definition) is 1. The van der Waals surface area contributed by atoms with Gasteiger partial charge in [0.1, 0.15) is 5.75 Å². The van der Waals surface area contributed by atoms with Gasteiger partial charge in [-0.2, -0.15) is 0 Å². The van der Waals surface area contributed by atoms with Gasteiger partial charge >= 0.3 is 0 Å². The lowest BCUT2D eigenvalue weighted by Gasteiger charge is -2.06. The third kappa shape index (κ3) is 5.37. The van der Waals surface area contributed by atoms with Gasteiger partial charge in [0.25, 0.3) is 0 Å². The lowest BCUT2D eigenvalue weighted by Crippen LogP contribution is -2.18. The van der Waals surface area contributed by atoms with Crippen molar-refractivity contribution in [1.29, 1.82) is 0 Å². The SMILES string of the molecule is CCCNCCCOc1ccc(C)nc1. The molecule has 0 fully saturated rings. The second-order valence-electron chi connectivity index (χ2n) is 3.59. The first-order valence-electron chi connectivity index (χ1n) is 5.59. The molecule has 3 heteroatoms. The molecule has 0 aliphatic rings. The van der Waals surface area contributed by atoms with Crippen LogP contribution < -0.4 is 10.1 Å². The number of aryl methyl sites for hydroxylation is 1. The van der Waals surface area contributed by atoms with Crippen LogP contribution in [-0.4, -0.2) is 24.7 Å². The Hall–Kier alpha value is -1.09. The van der Waals surface area contributed by atoms with Crippen molar-refractivity contribution in [3.63, 3.8) is 0 Å². The monoisotopic (exact) mass is 208 g/mol. The number of ether oxygens (including phenoxy) is 1. The first-order valence-corrected chi connectivity index (χ1v) is 5.59. The Morgan fingerprint density at radius 3 is 2.87 bits per heavy atom. The van der Waals surface area contributed by atoms with E-state index in [0.717, 1.165) is 37.6 Å². The highest BCUT2D eigenvalue weighted by molar-refractivity contribution is 5.18. The highest BCUT2D eigenvalue weighted by atomic mass is 16.5. The Labute approximate surface area is 91.9 Å². The van der Waals surface area contributed by atoms with E-state index < -0.39 is 0 Å². The predicted molar refractivity (Wildman–Crippen MR) is 62.2 cm³/mol. The number of nitrogens with zero attached hydrogens (tertiary/aromatic N) is 1. The fourth-order valence-electron chi connectivity index (χ4n) is 1.23. The highest BCUT2D eigenvalue weighted by Gasteiger charge is 1.93. The summed E-state index contributed by atoms with van der Waals surface area (Å²) in [7, 11) is 0. The molecule has 1 aromatic heterocycles. The summed E-state index contributed by atoms with van der Waals surface area (Å²) in [5.74, 6) is 0.857. The van der Waals surface area contributed by atoms with E-state index in [2.05, 4.69) is 17.2 Å². The standard InChI is InChI=1S/C12H20N2O/c1-3-7-13-8-4-9-15-12-6-5-11(2)14-10-12/h5-6,10,13H,3-4,7-9H2,1-2H3. The van der Waals surface area contributed by atoms with Crippen molar-refractivity contribution in [2.24, 2.45) is 0 Å². The van der Waals surface area contributed by atoms with Crippen molar-refractivity contribution in [1.82, 2.24) is 10.3 Å². The van der Waals surface area contributed by atoms with E-state index in [0.29, 0.717) is 0 Å². The van der Waals surface area contributed by atoms with Gasteiger partial charge in [0.15, 0.2) is 0 Å². The van der Waals surface area contributed by atoms with Crippen LogP contribution in [0.4, 0.5) is 0 Å². The van der Waals surface area contributed by atoms with E-state index in [1.807, 2.05) is 19.1 Å². The van der Waals surface area contributed by atoms with Crippen LogP contribution in [0.5, 0.6) is 5.75 Å². The molecule has 1 rings (SSSR count). The number of rotatable bonds is 7. The summed E-state index contributed by atoms with van der Waals surface area (Å²) in [6.45, 7) is 7.00. The molecule has 1 aromatic rings. The minimum Gasteiger partial charge on any atom is -0.492 e. The maximum Gasteiger partial charge on any atom is 0.137 e. The maximum absolute atomic E-state index is 5.54. The summed E-state index contributed by atoms with van der Waals surface area (Å²) >= 11 is 0. The van der Waals surface area contributed by atoms with E-state index in [1.54, 1.807) is 6.20 Å². The molecule has 0 bridgehead atoms. The van der Waals surface area contributed by atoms with Gasteiger partial charge in [0.2, 0.25) is 0 Å². The van der Waals surface area contributed by atoms with Crippen molar-refractivity contribution in [3.05, 3.63) is 24.0 Å². The average Bonchev–Trinajstić information content (AvgIpc) is 2.26. The predicted octanol–water partition coefficient (Wildman–Crippen LogP) is 2.16. The Balaban J connectivity index is 2.07. The molecule has 0 aromatic carbocycles. The third-order valence-corrected chi connectivity index (χ3v) is 2.08. The summed E-state index contributed by atoms with van der Waals surface area (Å²) in [5.41, 5.74) is 1.02. The van der Waals surface area contributed by atoms with Gasteiger partial charge in [-0.1, -0.05) is 6.92 Å². The summed E-state index contributed by atoms with van der Waals surface area (Å²) < 4.78 is 5.54. The van der Waals surface area contributed by atoms with E-state index in [4.69, 9.17) is 4.74 Å². The molecule has 0 radical (unpaired) electrons. The summed E-state index contributed by atoms with van der Waals surface area (Å²) in [6, 6.07) is 3.92. The van der Waals surface area contributed by atoms with Crippen molar-refractivity contribution < 1.29 is 4.74 Å². The van der Waals surface area contributed by atoms with Crippen molar-refractivity contribution in [2.45, 2.75) is 26.7 Å². The van der Waals surface area contributed by atoms with Gasteiger partial charge in [-0.05, 0) is 45.0 Å². The zero-order chi connectivity index (χ0) is 10.9. The van der Waals surface area contributed by atoms with E-state index in [-0.39, 0.29) is 0 Å². The Kier molecular flexibility index (Phi) is 5.78. The van der Waals surface area contributed by atoms with Crippen molar-refractivity contribution in [3.8, 4) is 5.75 Å². The molecule has 0 aliphatic heterocycles. The van der Waals surface area contributed by atoms with Gasteiger partial charge in [0, 0.05) is 5.69 Å². The van der Waals surface area contributed by atoms with Crippen LogP contribution in [0, 0.1) is 6.92 Å². The quantitative estimate of drug-likeness (QED) is 0.697. The highest BCUT2D eigenvalue weighted by Crippen LogP contribution is 2.08. The van der Waals surface area contributed by atoms with Gasteiger partial charge < -0.3 is 10.1 Å². The maximum atomic E-state index is 5.54. The minimum absolute atomic E-state index is 0.751. The van der Waals surface area contributed by atoms with Gasteiger partial charge in [-0.25, -0.2) is 0 Å². The van der Waals surface area contributed by atoms with Crippen LogP contribution in [0.3, 0.4) is 0 Å². The van der Waals surface area contributed by atoms with Gasteiger partial charge in [0.05, 0.1) is 12.8 Å². The Morgan fingerprint density at radius 1 is 1.33 bits per heavy atom. The van der Waals surface area contributed by atoms with Gasteiger partial charge in [-0.3, -0.25) is 4.98 Å². The lowest BCUT2D eigenvalue weighted by molar-refractivity contribution is 0.307. The molecule has 0 saturated heterocycles. The number of pyridine rings is 1. The third-order valence-electron chi connectivity index (χ3n) is 2.08. The molecule has 0 saturated carbocycles. The molecule has 1 N–H and O–H groups in total. The smallest absolute Gasteiger partial charge is 0.137 e. The average molecular weight is 208 g/mol. The molecule has 0 amide bonds. The fourth-order valence-corrected chi connectivity index (χ4v) is 1.23. The van der Waals surface area contributed by atoms with E-state index >= 15 is 0 Å². The summed E-state index contributed by atoms with van der Waals surface area (Å²) in [4.78, 5) is 4.17. The van der Waals surface area contributed by atoms with Crippen LogP contribution in [-0.2, 0) is 0 Å². The minimum atomic E-state index is 0.751. The second-order valence-corrected chi connectivity index (χ2v) is 3.59. The zero-order valence-electron chi connectivity index (χ0n) is 9.62. The van der Waals surface area contributed by atoms with Crippen molar-refractivity contribution in [2.75, 3.05) is 19.7 Å². The number of aromatic nitrogens is 1. The molecule has 0 unspecified atom stereocenters. The molecule has 0 aliphatic carbocycles. The van der Waals surface area contributed by atoms with E-state index in [1.165, 1.54) is 6.42 Å². The largest absolute Gasteiger partial charge is 0.492 e. The summed E-state index contributed by atoms with van der Waals surface area (Å²) in [5, 5.41) is 3.33. The molecule has 15 heavy (non-hydrogen) atoms. The normalized spacial score (nSPS) is 10.3. The molecular formula is C12H20N2O. The Morgan fingerprint density at radius 2 is 2.20 bits per heavy atom. The first kappa shape index (κ1) is 12.0. The van der Waals surface area contributed by atoms with Crippen molar-refractivity contribution >= 4 is 0 Å². The number of nitrogens with one attached hydrogen (secondary N) is 1. The van der Waals surface area contributed by atoms with Crippen LogP contribution in [0.15, 0.2) is 18.3 Å². The second kappa shape index (κ2) is 7.23. The Bertz CT molecular complexity index is 259. The summed E-state index contributed by atoms with van der Waals surface area (Å²) in [6.07, 6.45) is 3.99. The topological polar surface area (TPSA) is 34.1 Å². The molecular weight excluding hydrogens is 188 g/mol. The molecule has 0 atom stereocenters. The first-order chi connectivity index (χ1) is 7.33. The molecule has 3 nitrogen and oxygen atoms in total. The van der Waals surface area contributed by atoms with Crippen LogP contribution >= 0.6 is 0 Å². The van der Waals surface area contributed by atoms with Gasteiger partial charge in [-0.15, -0.1) is 0 Å². The fraction of sp³-hybridized carbons (Fsp3) is 0.583. The molecule has 84 valence electrons. The van der Waals surface area contributed by atoms with Crippen LogP contribution in [0.2, 0.25) is 0 Å². The lowest BCUT2D eigenvalue weighted by atomic mass is 10.4. The molecule has 1 heterocycles. The molecule has 0 spiro atoms. The number of hydrogen-bond acceptors (Lipinski definition) is 3. The van der Waals surface area contributed by atoms with E-state index in [9.17, 15) is 0 Å². The van der Waals surface area contributed by atoms with Crippen LogP contribution in [0.1, 0.15) is 25.5 Å². The zero-order valence-corrected chi connectivity index (χ0v) is 9.62. The van der Waals surface area contributed by atoms with Crippen LogP contribution in [0.25, 0.3) is 0 Å².